The lowest BCUT2D eigenvalue weighted by Gasteiger charge is -2.14. The Morgan fingerprint density at radius 3 is 2.31 bits per heavy atom. The van der Waals surface area contributed by atoms with Gasteiger partial charge in [0.25, 0.3) is 5.89 Å². The fourth-order valence-corrected chi connectivity index (χ4v) is 5.52. The first-order chi connectivity index (χ1) is 17.1. The van der Waals surface area contributed by atoms with E-state index in [1.165, 1.54) is 10.7 Å². The number of aromatic nitrogens is 4. The second kappa shape index (κ2) is 9.25. The van der Waals surface area contributed by atoms with Crippen LogP contribution in [-0.2, 0) is 16.6 Å². The standard InChI is InChI=1S/C23H16Cl3F3N4O2S/c1-2-36(34)19-17(20-30-31-21(35-20)22(9-10-22)23(27,28)29)32-33(16-8-7-14(25)11-15(16)26)18(19)12-3-5-13(24)6-4-12/h3-8,11H,2,9-10H2,1H3. The fraction of sp³-hybridized carbons (Fsp3) is 0.261. The van der Waals surface area contributed by atoms with Crippen LogP contribution in [0.2, 0.25) is 15.1 Å². The number of halogens is 6. The van der Waals surface area contributed by atoms with Crippen LogP contribution in [0.5, 0.6) is 0 Å². The van der Waals surface area contributed by atoms with Crippen LogP contribution in [0.4, 0.5) is 13.2 Å². The Labute approximate surface area is 221 Å². The van der Waals surface area contributed by atoms with Gasteiger partial charge < -0.3 is 8.97 Å². The first-order valence-corrected chi connectivity index (χ1v) is 13.1. The van der Waals surface area contributed by atoms with E-state index in [-0.39, 0.29) is 40.1 Å². The van der Waals surface area contributed by atoms with Crippen molar-refractivity contribution in [3.05, 3.63) is 63.4 Å². The van der Waals surface area contributed by atoms with Crippen molar-refractivity contribution in [3.8, 4) is 28.5 Å². The van der Waals surface area contributed by atoms with E-state index < -0.39 is 28.7 Å². The van der Waals surface area contributed by atoms with Crippen LogP contribution >= 0.6 is 34.8 Å². The molecule has 0 saturated heterocycles. The highest BCUT2D eigenvalue weighted by Gasteiger charge is 2.68. The molecule has 36 heavy (non-hydrogen) atoms. The summed E-state index contributed by atoms with van der Waals surface area (Å²) in [7, 11) is 0. The summed E-state index contributed by atoms with van der Waals surface area (Å²) < 4.78 is 61.3. The van der Waals surface area contributed by atoms with E-state index in [0.29, 0.717) is 27.0 Å². The zero-order valence-electron chi connectivity index (χ0n) is 18.4. The molecule has 6 nitrogen and oxygen atoms in total. The largest absolute Gasteiger partial charge is 0.611 e. The van der Waals surface area contributed by atoms with E-state index in [2.05, 4.69) is 15.3 Å². The predicted molar refractivity (Wildman–Crippen MR) is 131 cm³/mol. The van der Waals surface area contributed by atoms with E-state index >= 15 is 0 Å². The summed E-state index contributed by atoms with van der Waals surface area (Å²) in [4.78, 5) is 0.220. The van der Waals surface area contributed by atoms with Crippen molar-refractivity contribution in [2.75, 3.05) is 5.75 Å². The van der Waals surface area contributed by atoms with Crippen LogP contribution in [0.3, 0.4) is 0 Å². The van der Waals surface area contributed by atoms with Crippen molar-refractivity contribution in [2.24, 2.45) is 0 Å². The Morgan fingerprint density at radius 1 is 1.06 bits per heavy atom. The highest BCUT2D eigenvalue weighted by atomic mass is 35.5. The molecule has 1 atom stereocenters. The number of hydrogen-bond acceptors (Lipinski definition) is 5. The van der Waals surface area contributed by atoms with Gasteiger partial charge in [0.1, 0.15) is 16.9 Å². The van der Waals surface area contributed by atoms with E-state index in [9.17, 15) is 17.7 Å². The lowest BCUT2D eigenvalue weighted by molar-refractivity contribution is -0.165. The lowest BCUT2D eigenvalue weighted by atomic mass is 10.1. The molecule has 2 heterocycles. The molecule has 0 N–H and O–H groups in total. The summed E-state index contributed by atoms with van der Waals surface area (Å²) in [6.07, 6.45) is -4.82. The van der Waals surface area contributed by atoms with E-state index in [1.807, 2.05) is 0 Å². The summed E-state index contributed by atoms with van der Waals surface area (Å²) in [5.41, 5.74) is -0.774. The average molecular weight is 576 g/mol. The Hall–Kier alpha value is -2.24. The van der Waals surface area contributed by atoms with Gasteiger partial charge in [-0.25, -0.2) is 4.68 Å². The van der Waals surface area contributed by atoms with Gasteiger partial charge >= 0.3 is 6.18 Å². The maximum absolute atomic E-state index is 13.6. The molecule has 1 unspecified atom stereocenters. The van der Waals surface area contributed by atoms with Crippen LogP contribution in [0.15, 0.2) is 51.8 Å². The molecule has 0 spiro atoms. The van der Waals surface area contributed by atoms with Crippen LogP contribution in [0.25, 0.3) is 28.5 Å². The number of alkyl halides is 3. The third-order valence-corrected chi connectivity index (χ3v) is 8.07. The molecule has 1 fully saturated rings. The van der Waals surface area contributed by atoms with Gasteiger partial charge in [-0.2, -0.15) is 18.3 Å². The first-order valence-electron chi connectivity index (χ1n) is 10.7. The van der Waals surface area contributed by atoms with E-state index in [1.54, 1.807) is 43.3 Å². The van der Waals surface area contributed by atoms with Gasteiger partial charge in [-0.1, -0.05) is 46.9 Å². The Kier molecular flexibility index (Phi) is 6.53. The average Bonchev–Trinajstić information content (AvgIpc) is 3.36. The molecule has 2 aromatic heterocycles. The van der Waals surface area contributed by atoms with Gasteiger partial charge in [0.05, 0.1) is 10.7 Å². The van der Waals surface area contributed by atoms with Crippen molar-refractivity contribution in [1.29, 1.82) is 0 Å². The topological polar surface area (TPSA) is 79.8 Å². The summed E-state index contributed by atoms with van der Waals surface area (Å²) in [5, 5.41) is 13.3. The molecule has 1 saturated carbocycles. The zero-order valence-corrected chi connectivity index (χ0v) is 21.5. The summed E-state index contributed by atoms with van der Waals surface area (Å²) in [6.45, 7) is 1.71. The molecule has 4 aromatic rings. The van der Waals surface area contributed by atoms with Crippen LogP contribution in [0.1, 0.15) is 25.7 Å². The Bertz CT molecular complexity index is 1440. The van der Waals surface area contributed by atoms with Gasteiger partial charge in [-0.05, 0) is 61.3 Å². The van der Waals surface area contributed by atoms with Crippen molar-refractivity contribution >= 4 is 46.0 Å². The third kappa shape index (κ3) is 4.28. The van der Waals surface area contributed by atoms with Gasteiger partial charge in [0.2, 0.25) is 16.5 Å². The Balaban J connectivity index is 1.76. The van der Waals surface area contributed by atoms with E-state index in [4.69, 9.17) is 39.2 Å². The zero-order chi connectivity index (χ0) is 25.8. The van der Waals surface area contributed by atoms with E-state index in [0.717, 1.165) is 0 Å². The molecule has 2 aromatic carbocycles. The van der Waals surface area contributed by atoms with Crippen molar-refractivity contribution in [2.45, 2.75) is 36.3 Å². The van der Waals surface area contributed by atoms with Crippen LogP contribution < -0.4 is 0 Å². The second-order valence-corrected chi connectivity index (χ2v) is 11.1. The smallest absolute Gasteiger partial charge is 0.403 e. The van der Waals surface area contributed by atoms with Crippen molar-refractivity contribution < 1.29 is 22.1 Å². The quantitative estimate of drug-likeness (QED) is 0.226. The van der Waals surface area contributed by atoms with Crippen LogP contribution in [0, 0.1) is 0 Å². The molecular weight excluding hydrogens is 560 g/mol. The number of nitrogens with zero attached hydrogens (tertiary/aromatic N) is 4. The summed E-state index contributed by atoms with van der Waals surface area (Å²) in [6, 6.07) is 11.5. The molecular formula is C23H16Cl3F3N4O2S. The Morgan fingerprint density at radius 2 is 1.72 bits per heavy atom. The van der Waals surface area contributed by atoms with Gasteiger partial charge in [-0.3, -0.25) is 0 Å². The minimum Gasteiger partial charge on any atom is -0.611 e. The summed E-state index contributed by atoms with van der Waals surface area (Å²) in [5.74, 6) is -0.608. The minimum atomic E-state index is -4.53. The molecule has 1 aliphatic carbocycles. The highest BCUT2D eigenvalue weighted by molar-refractivity contribution is 7.91. The monoisotopic (exact) mass is 574 g/mol. The van der Waals surface area contributed by atoms with Crippen molar-refractivity contribution in [3.63, 3.8) is 0 Å². The molecule has 0 radical (unpaired) electrons. The minimum absolute atomic E-state index is 0.00266. The summed E-state index contributed by atoms with van der Waals surface area (Å²) >= 11 is 17.0. The SMILES string of the molecule is CC[S+]([O-])c1c(-c2nnc(C3(C(F)(F)F)CC3)o2)nn(-c2ccc(Cl)cc2Cl)c1-c1ccc(Cl)cc1. The molecule has 5 rings (SSSR count). The second-order valence-electron chi connectivity index (χ2n) is 8.17. The molecule has 13 heteroatoms. The lowest BCUT2D eigenvalue weighted by Crippen LogP contribution is -2.28. The van der Waals surface area contributed by atoms with Crippen LogP contribution in [-0.4, -0.2) is 36.5 Å². The normalized spacial score (nSPS) is 15.8. The molecule has 188 valence electrons. The number of hydrogen-bond donors (Lipinski definition) is 0. The maximum Gasteiger partial charge on any atom is 0.403 e. The number of rotatable bonds is 6. The first kappa shape index (κ1) is 25.4. The number of benzene rings is 2. The fourth-order valence-electron chi connectivity index (χ4n) is 3.85. The predicted octanol–water partition coefficient (Wildman–Crippen LogP) is 7.27. The molecule has 0 bridgehead atoms. The van der Waals surface area contributed by atoms with Gasteiger partial charge in [0.15, 0.2) is 0 Å². The van der Waals surface area contributed by atoms with Gasteiger partial charge in [-0.15, -0.1) is 10.2 Å². The highest BCUT2D eigenvalue weighted by Crippen LogP contribution is 2.58. The molecule has 0 amide bonds. The van der Waals surface area contributed by atoms with Crippen molar-refractivity contribution in [1.82, 2.24) is 20.0 Å². The van der Waals surface area contributed by atoms with Gasteiger partial charge in [0, 0.05) is 15.6 Å². The third-order valence-electron chi connectivity index (χ3n) is 5.92. The maximum atomic E-state index is 13.6. The molecule has 0 aliphatic heterocycles. The molecule has 1 aliphatic rings.